The summed E-state index contributed by atoms with van der Waals surface area (Å²) in [4.78, 5) is 17.9. The highest BCUT2D eigenvalue weighted by molar-refractivity contribution is 6.30. The van der Waals surface area contributed by atoms with Crippen LogP contribution in [0, 0.1) is 13.8 Å². The van der Waals surface area contributed by atoms with E-state index in [1.807, 2.05) is 19.1 Å². The van der Waals surface area contributed by atoms with Crippen molar-refractivity contribution in [2.24, 2.45) is 0 Å². The molecule has 116 valence electrons. The Morgan fingerprint density at radius 3 is 2.70 bits per heavy atom. The van der Waals surface area contributed by atoms with Crippen molar-refractivity contribution in [3.05, 3.63) is 64.6 Å². The molecule has 0 saturated heterocycles. The van der Waals surface area contributed by atoms with Gasteiger partial charge in [0.15, 0.2) is 5.69 Å². The second-order valence-electron chi connectivity index (χ2n) is 5.08. The number of pyridine rings is 1. The van der Waals surface area contributed by atoms with Crippen LogP contribution in [-0.4, -0.2) is 25.9 Å². The third-order valence-corrected chi connectivity index (χ3v) is 3.42. The zero-order chi connectivity index (χ0) is 16.4. The van der Waals surface area contributed by atoms with Gasteiger partial charge in [-0.25, -0.2) is 4.98 Å². The highest BCUT2D eigenvalue weighted by Crippen LogP contribution is 2.15. The molecule has 0 bridgehead atoms. The van der Waals surface area contributed by atoms with Gasteiger partial charge < -0.3 is 5.32 Å². The highest BCUT2D eigenvalue weighted by atomic mass is 35.5. The van der Waals surface area contributed by atoms with Crippen LogP contribution in [0.5, 0.6) is 0 Å². The number of aryl methyl sites for hydroxylation is 2. The number of nitrogens with zero attached hydrogens (tertiary/aromatic N) is 4. The lowest BCUT2D eigenvalue weighted by Gasteiger charge is -2.02. The topological polar surface area (TPSA) is 72.7 Å². The molecule has 2 aromatic heterocycles. The predicted molar refractivity (Wildman–Crippen MR) is 88.0 cm³/mol. The molecule has 0 aliphatic carbocycles. The number of hydrogen-bond acceptors (Lipinski definition) is 4. The molecule has 6 nitrogen and oxygen atoms in total. The second-order valence-corrected chi connectivity index (χ2v) is 5.51. The number of nitrogens with one attached hydrogen (secondary N) is 1. The number of benzene rings is 1. The van der Waals surface area contributed by atoms with E-state index in [1.54, 1.807) is 37.4 Å². The van der Waals surface area contributed by atoms with Gasteiger partial charge in [0.25, 0.3) is 5.91 Å². The first-order valence-corrected chi connectivity index (χ1v) is 7.34. The number of halogens is 1. The summed E-state index contributed by atoms with van der Waals surface area (Å²) in [7, 11) is 0. The number of carbonyl (C=O) groups excluding carboxylic acids is 1. The zero-order valence-electron chi connectivity index (χ0n) is 12.6. The average Bonchev–Trinajstić information content (AvgIpc) is 2.92. The summed E-state index contributed by atoms with van der Waals surface area (Å²) in [6.07, 6.45) is 1.69. The predicted octanol–water partition coefficient (Wildman–Crippen LogP) is 3.18. The SMILES string of the molecule is Cc1ccc(NC(=O)c2nn(-c3cccc(Cl)c3)nc2C)nc1. The van der Waals surface area contributed by atoms with E-state index >= 15 is 0 Å². The van der Waals surface area contributed by atoms with E-state index in [0.29, 0.717) is 22.2 Å². The smallest absolute Gasteiger partial charge is 0.279 e. The van der Waals surface area contributed by atoms with Gasteiger partial charge in [0, 0.05) is 11.2 Å². The normalized spacial score (nSPS) is 10.6. The largest absolute Gasteiger partial charge is 0.305 e. The van der Waals surface area contributed by atoms with Crippen LogP contribution < -0.4 is 5.32 Å². The molecular formula is C16H14ClN5O. The van der Waals surface area contributed by atoms with Crippen LogP contribution >= 0.6 is 11.6 Å². The quantitative estimate of drug-likeness (QED) is 0.802. The van der Waals surface area contributed by atoms with E-state index in [2.05, 4.69) is 20.5 Å². The van der Waals surface area contributed by atoms with Crippen LogP contribution in [-0.2, 0) is 0 Å². The molecule has 0 fully saturated rings. The fraction of sp³-hybridized carbons (Fsp3) is 0.125. The van der Waals surface area contributed by atoms with Crippen LogP contribution in [0.15, 0.2) is 42.6 Å². The van der Waals surface area contributed by atoms with Gasteiger partial charge in [-0.2, -0.15) is 9.90 Å². The first kappa shape index (κ1) is 15.2. The monoisotopic (exact) mass is 327 g/mol. The molecule has 1 N–H and O–H groups in total. The summed E-state index contributed by atoms with van der Waals surface area (Å²) in [5.74, 6) is 0.115. The van der Waals surface area contributed by atoms with Crippen LogP contribution in [0.3, 0.4) is 0 Å². The Kier molecular flexibility index (Phi) is 4.08. The molecule has 0 spiro atoms. The summed E-state index contributed by atoms with van der Waals surface area (Å²) in [6.45, 7) is 3.66. The lowest BCUT2D eigenvalue weighted by molar-refractivity contribution is 0.102. The zero-order valence-corrected chi connectivity index (χ0v) is 13.4. The summed E-state index contributed by atoms with van der Waals surface area (Å²) in [6, 6.07) is 10.7. The van der Waals surface area contributed by atoms with Crippen LogP contribution in [0.4, 0.5) is 5.82 Å². The minimum atomic E-state index is -0.355. The fourth-order valence-corrected chi connectivity index (χ4v) is 2.21. The molecule has 0 radical (unpaired) electrons. The molecule has 0 unspecified atom stereocenters. The van der Waals surface area contributed by atoms with E-state index in [4.69, 9.17) is 11.6 Å². The van der Waals surface area contributed by atoms with E-state index in [0.717, 1.165) is 5.56 Å². The summed E-state index contributed by atoms with van der Waals surface area (Å²) < 4.78 is 0. The highest BCUT2D eigenvalue weighted by Gasteiger charge is 2.17. The van der Waals surface area contributed by atoms with Crippen molar-refractivity contribution in [2.75, 3.05) is 5.32 Å². The Balaban J connectivity index is 1.85. The van der Waals surface area contributed by atoms with Crippen molar-refractivity contribution in [1.29, 1.82) is 0 Å². The standard InChI is InChI=1S/C16H14ClN5O/c1-10-6-7-14(18-9-10)19-16(23)15-11(2)20-22(21-15)13-5-3-4-12(17)8-13/h3-9H,1-2H3,(H,18,19,23). The molecule has 3 rings (SSSR count). The average molecular weight is 328 g/mol. The minimum Gasteiger partial charge on any atom is -0.305 e. The maximum atomic E-state index is 12.3. The molecule has 0 saturated carbocycles. The Bertz CT molecular complexity index is 857. The molecule has 1 aromatic carbocycles. The molecule has 7 heteroatoms. The molecule has 3 aromatic rings. The van der Waals surface area contributed by atoms with Gasteiger partial charge in [-0.3, -0.25) is 4.79 Å². The van der Waals surface area contributed by atoms with Gasteiger partial charge in [-0.1, -0.05) is 23.7 Å². The van der Waals surface area contributed by atoms with E-state index < -0.39 is 0 Å². The summed E-state index contributed by atoms with van der Waals surface area (Å²) in [5.41, 5.74) is 2.47. The maximum absolute atomic E-state index is 12.3. The Labute approximate surface area is 138 Å². The molecule has 1 amide bonds. The van der Waals surface area contributed by atoms with Crippen molar-refractivity contribution in [3.8, 4) is 5.69 Å². The van der Waals surface area contributed by atoms with E-state index in [9.17, 15) is 4.79 Å². The number of carbonyl (C=O) groups is 1. The first-order chi connectivity index (χ1) is 11.0. The molecule has 23 heavy (non-hydrogen) atoms. The summed E-state index contributed by atoms with van der Waals surface area (Å²) in [5, 5.41) is 11.8. The van der Waals surface area contributed by atoms with Crippen molar-refractivity contribution in [3.63, 3.8) is 0 Å². The third kappa shape index (κ3) is 3.37. The number of hydrogen-bond donors (Lipinski definition) is 1. The van der Waals surface area contributed by atoms with Crippen LogP contribution in [0.25, 0.3) is 5.69 Å². The van der Waals surface area contributed by atoms with Crippen molar-refractivity contribution < 1.29 is 4.79 Å². The maximum Gasteiger partial charge on any atom is 0.279 e. The molecule has 2 heterocycles. The number of amides is 1. The lowest BCUT2D eigenvalue weighted by Crippen LogP contribution is -2.15. The Morgan fingerprint density at radius 2 is 2.00 bits per heavy atom. The van der Waals surface area contributed by atoms with Crippen molar-refractivity contribution in [1.82, 2.24) is 20.0 Å². The summed E-state index contributed by atoms with van der Waals surface area (Å²) >= 11 is 5.97. The molecular weight excluding hydrogens is 314 g/mol. The van der Waals surface area contributed by atoms with Crippen molar-refractivity contribution in [2.45, 2.75) is 13.8 Å². The van der Waals surface area contributed by atoms with Crippen molar-refractivity contribution >= 4 is 23.3 Å². The number of aromatic nitrogens is 4. The first-order valence-electron chi connectivity index (χ1n) is 6.97. The van der Waals surface area contributed by atoms with Gasteiger partial charge in [0.05, 0.1) is 11.4 Å². The number of anilines is 1. The van der Waals surface area contributed by atoms with Gasteiger partial charge in [0.1, 0.15) is 5.82 Å². The fourth-order valence-electron chi connectivity index (χ4n) is 2.02. The van der Waals surface area contributed by atoms with Gasteiger partial charge in [0.2, 0.25) is 0 Å². The number of rotatable bonds is 3. The van der Waals surface area contributed by atoms with Gasteiger partial charge >= 0.3 is 0 Å². The molecule has 0 aliphatic heterocycles. The third-order valence-electron chi connectivity index (χ3n) is 3.19. The molecule has 0 aliphatic rings. The lowest BCUT2D eigenvalue weighted by atomic mass is 10.3. The second kappa shape index (κ2) is 6.18. The Morgan fingerprint density at radius 1 is 1.17 bits per heavy atom. The van der Waals surface area contributed by atoms with Gasteiger partial charge in [-0.05, 0) is 43.7 Å². The Hall–Kier alpha value is -2.73. The van der Waals surface area contributed by atoms with Crippen LogP contribution in [0.2, 0.25) is 5.02 Å². The molecule has 0 atom stereocenters. The van der Waals surface area contributed by atoms with E-state index in [1.165, 1.54) is 4.80 Å². The van der Waals surface area contributed by atoms with Gasteiger partial charge in [-0.15, -0.1) is 5.10 Å². The minimum absolute atomic E-state index is 0.243. The van der Waals surface area contributed by atoms with E-state index in [-0.39, 0.29) is 11.6 Å². The van der Waals surface area contributed by atoms with Crippen LogP contribution in [0.1, 0.15) is 21.7 Å².